The fourth-order valence-electron chi connectivity index (χ4n) is 2.97. The monoisotopic (exact) mass is 295 g/mol. The molecule has 2 rings (SSSR count). The molecule has 0 aliphatic carbocycles. The molecule has 0 amide bonds. The zero-order valence-corrected chi connectivity index (χ0v) is 13.4. The number of nitrogen functional groups attached to an aromatic ring is 1. The summed E-state index contributed by atoms with van der Waals surface area (Å²) in [6.07, 6.45) is 0.850. The average molecular weight is 295 g/mol. The van der Waals surface area contributed by atoms with E-state index in [9.17, 15) is 4.39 Å². The van der Waals surface area contributed by atoms with Crippen molar-refractivity contribution >= 4 is 11.4 Å². The summed E-state index contributed by atoms with van der Waals surface area (Å²) in [6.45, 7) is 6.57. The molecule has 0 radical (unpaired) electrons. The number of anilines is 2. The molecule has 2 N–H and O–H groups in total. The predicted molar refractivity (Wildman–Crippen MR) is 85.5 cm³/mol. The molecule has 2 atom stereocenters. The molecule has 1 aromatic carbocycles. The molecule has 1 aliphatic rings. The van der Waals surface area contributed by atoms with E-state index in [0.29, 0.717) is 30.0 Å². The van der Waals surface area contributed by atoms with Crippen LogP contribution in [0.2, 0.25) is 0 Å². The molecule has 5 heteroatoms. The van der Waals surface area contributed by atoms with Crippen molar-refractivity contribution < 1.29 is 9.13 Å². The minimum Gasteiger partial charge on any atom is -0.490 e. The Morgan fingerprint density at radius 3 is 2.67 bits per heavy atom. The highest BCUT2D eigenvalue weighted by Gasteiger charge is 2.32. The Labute approximate surface area is 126 Å². The Hall–Kier alpha value is -1.49. The lowest BCUT2D eigenvalue weighted by Gasteiger charge is -2.24. The number of likely N-dealkylation sites (N-methyl/N-ethyl adjacent to an activating group) is 1. The molecular weight excluding hydrogens is 269 g/mol. The van der Waals surface area contributed by atoms with Crippen LogP contribution in [0.1, 0.15) is 20.3 Å². The van der Waals surface area contributed by atoms with Gasteiger partial charge < -0.3 is 20.3 Å². The Kier molecular flexibility index (Phi) is 4.93. The molecule has 1 fully saturated rings. The van der Waals surface area contributed by atoms with E-state index in [1.54, 1.807) is 6.07 Å². The second kappa shape index (κ2) is 6.52. The van der Waals surface area contributed by atoms with Crippen molar-refractivity contribution in [2.24, 2.45) is 5.92 Å². The fraction of sp³-hybridized carbons (Fsp3) is 0.625. The van der Waals surface area contributed by atoms with Crippen molar-refractivity contribution in [1.82, 2.24) is 4.90 Å². The van der Waals surface area contributed by atoms with E-state index >= 15 is 0 Å². The molecule has 0 saturated carbocycles. The van der Waals surface area contributed by atoms with Crippen LogP contribution in [0.4, 0.5) is 15.8 Å². The van der Waals surface area contributed by atoms with Crippen LogP contribution >= 0.6 is 0 Å². The van der Waals surface area contributed by atoms with E-state index < -0.39 is 0 Å². The van der Waals surface area contributed by atoms with Gasteiger partial charge in [0.05, 0.1) is 18.0 Å². The summed E-state index contributed by atoms with van der Waals surface area (Å²) >= 11 is 0. The molecule has 0 aromatic heterocycles. The highest BCUT2D eigenvalue weighted by Crippen LogP contribution is 2.35. The van der Waals surface area contributed by atoms with Crippen molar-refractivity contribution in [3.63, 3.8) is 0 Å². The average Bonchev–Trinajstić information content (AvgIpc) is 2.80. The number of hydrogen-bond donors (Lipinski definition) is 1. The Morgan fingerprint density at radius 1 is 1.38 bits per heavy atom. The smallest absolute Gasteiger partial charge is 0.167 e. The highest BCUT2D eigenvalue weighted by atomic mass is 19.1. The van der Waals surface area contributed by atoms with Gasteiger partial charge in [-0.1, -0.05) is 13.8 Å². The molecule has 4 nitrogen and oxygen atoms in total. The number of rotatable bonds is 5. The van der Waals surface area contributed by atoms with Crippen molar-refractivity contribution in [2.75, 3.05) is 44.4 Å². The number of nitrogens with zero attached hydrogens (tertiary/aromatic N) is 2. The van der Waals surface area contributed by atoms with Gasteiger partial charge in [-0.2, -0.15) is 0 Å². The molecule has 1 aliphatic heterocycles. The molecule has 0 spiro atoms. The number of hydrogen-bond acceptors (Lipinski definition) is 4. The maximum Gasteiger partial charge on any atom is 0.167 e. The third kappa shape index (κ3) is 3.40. The van der Waals surface area contributed by atoms with Gasteiger partial charge in [0, 0.05) is 31.3 Å². The van der Waals surface area contributed by atoms with Crippen molar-refractivity contribution in [2.45, 2.75) is 26.3 Å². The largest absolute Gasteiger partial charge is 0.490 e. The van der Waals surface area contributed by atoms with E-state index in [0.717, 1.165) is 25.2 Å². The van der Waals surface area contributed by atoms with Crippen molar-refractivity contribution in [3.05, 3.63) is 17.9 Å². The van der Waals surface area contributed by atoms with Crippen LogP contribution in [0.5, 0.6) is 5.75 Å². The fourth-order valence-corrected chi connectivity index (χ4v) is 2.97. The molecule has 1 aromatic rings. The number of benzene rings is 1. The van der Waals surface area contributed by atoms with Gasteiger partial charge in [0.1, 0.15) is 0 Å². The first-order valence-corrected chi connectivity index (χ1v) is 7.57. The molecule has 1 saturated heterocycles. The molecule has 1 heterocycles. The van der Waals surface area contributed by atoms with Gasteiger partial charge >= 0.3 is 0 Å². The SMILES string of the molecule is CCCOc1cc(N2CC(C)C(N(C)C)C2)c(N)cc1F. The first-order valence-electron chi connectivity index (χ1n) is 7.57. The third-order valence-corrected chi connectivity index (χ3v) is 4.12. The normalized spacial score (nSPS) is 22.1. The summed E-state index contributed by atoms with van der Waals surface area (Å²) in [6, 6.07) is 3.59. The van der Waals surface area contributed by atoms with Crippen LogP contribution in [-0.2, 0) is 0 Å². The van der Waals surface area contributed by atoms with Crippen LogP contribution < -0.4 is 15.4 Å². The van der Waals surface area contributed by atoms with E-state index in [1.165, 1.54) is 6.07 Å². The van der Waals surface area contributed by atoms with Gasteiger partial charge in [-0.05, 0) is 26.4 Å². The minimum atomic E-state index is -0.388. The molecule has 2 unspecified atom stereocenters. The van der Waals surface area contributed by atoms with Crippen molar-refractivity contribution in [3.8, 4) is 5.75 Å². The first kappa shape index (κ1) is 15.9. The summed E-state index contributed by atoms with van der Waals surface area (Å²) in [5, 5.41) is 0. The predicted octanol–water partition coefficient (Wildman–Crippen LogP) is 2.58. The van der Waals surface area contributed by atoms with Crippen LogP contribution in [0.15, 0.2) is 12.1 Å². The second-order valence-corrected chi connectivity index (χ2v) is 6.10. The summed E-state index contributed by atoms with van der Waals surface area (Å²) < 4.78 is 19.4. The van der Waals surface area contributed by atoms with Gasteiger partial charge in [0.25, 0.3) is 0 Å². The lowest BCUT2D eigenvalue weighted by molar-refractivity contribution is 0.266. The zero-order chi connectivity index (χ0) is 15.6. The first-order chi connectivity index (χ1) is 9.93. The van der Waals surface area contributed by atoms with Crippen molar-refractivity contribution in [1.29, 1.82) is 0 Å². The Bertz CT molecular complexity index is 493. The minimum absolute atomic E-state index is 0.294. The number of nitrogens with two attached hydrogens (primary N) is 1. The summed E-state index contributed by atoms with van der Waals surface area (Å²) in [5.41, 5.74) is 7.36. The summed E-state index contributed by atoms with van der Waals surface area (Å²) in [4.78, 5) is 4.46. The Morgan fingerprint density at radius 2 is 2.10 bits per heavy atom. The summed E-state index contributed by atoms with van der Waals surface area (Å²) in [5.74, 6) is 0.451. The van der Waals surface area contributed by atoms with E-state index in [4.69, 9.17) is 10.5 Å². The van der Waals surface area contributed by atoms with Crippen LogP contribution in [0.25, 0.3) is 0 Å². The maximum absolute atomic E-state index is 13.9. The van der Waals surface area contributed by atoms with Gasteiger partial charge in [-0.15, -0.1) is 0 Å². The molecular formula is C16H26FN3O. The molecule has 0 bridgehead atoms. The number of ether oxygens (including phenoxy) is 1. The van der Waals surface area contributed by atoms with Gasteiger partial charge in [-0.3, -0.25) is 0 Å². The van der Waals surface area contributed by atoms with Gasteiger partial charge in [-0.25, -0.2) is 4.39 Å². The lowest BCUT2D eigenvalue weighted by atomic mass is 10.1. The van der Waals surface area contributed by atoms with E-state index in [2.05, 4.69) is 30.8 Å². The molecule has 118 valence electrons. The maximum atomic E-state index is 13.9. The Balaban J connectivity index is 2.23. The summed E-state index contributed by atoms with van der Waals surface area (Å²) in [7, 11) is 4.18. The standard InChI is InChI=1S/C16H26FN3O/c1-5-6-21-16-8-14(13(18)7-12(16)17)20-9-11(2)15(10-20)19(3)4/h7-8,11,15H,5-6,9-10,18H2,1-4H3. The van der Waals surface area contributed by atoms with Crippen LogP contribution in [0, 0.1) is 11.7 Å². The van der Waals surface area contributed by atoms with Crippen LogP contribution in [-0.4, -0.2) is 44.7 Å². The van der Waals surface area contributed by atoms with Gasteiger partial charge in [0.2, 0.25) is 0 Å². The number of halogens is 1. The molecule has 21 heavy (non-hydrogen) atoms. The van der Waals surface area contributed by atoms with Crippen LogP contribution in [0.3, 0.4) is 0 Å². The topological polar surface area (TPSA) is 41.7 Å². The quantitative estimate of drug-likeness (QED) is 0.848. The second-order valence-electron chi connectivity index (χ2n) is 6.10. The highest BCUT2D eigenvalue weighted by molar-refractivity contribution is 5.70. The van der Waals surface area contributed by atoms with E-state index in [-0.39, 0.29) is 5.82 Å². The lowest BCUT2D eigenvalue weighted by Crippen LogP contribution is -2.34. The zero-order valence-electron chi connectivity index (χ0n) is 13.4. The van der Waals surface area contributed by atoms with Gasteiger partial charge in [0.15, 0.2) is 11.6 Å². The van der Waals surface area contributed by atoms with E-state index in [1.807, 2.05) is 6.92 Å². The third-order valence-electron chi connectivity index (χ3n) is 4.12.